The van der Waals surface area contributed by atoms with E-state index in [9.17, 15) is 5.11 Å². The van der Waals surface area contributed by atoms with Crippen molar-refractivity contribution < 1.29 is 5.11 Å². The molecule has 1 N–H and O–H groups in total. The molecule has 0 radical (unpaired) electrons. The first-order chi connectivity index (χ1) is 11.2. The maximum absolute atomic E-state index is 11.2. The number of pyridine rings is 1. The molecule has 0 aliphatic carbocycles. The van der Waals surface area contributed by atoms with Crippen molar-refractivity contribution in [3.05, 3.63) is 89.2 Å². The number of aromatic nitrogens is 3. The smallest absolute Gasteiger partial charge is 0.143 e. The molecule has 2 aromatic heterocycles. The third-order valence-corrected chi connectivity index (χ3v) is 4.04. The molecule has 2 heterocycles. The second-order valence-electron chi connectivity index (χ2n) is 5.26. The maximum atomic E-state index is 11.2. The fraction of sp³-hybridized carbons (Fsp3) is 0.111. The molecule has 0 saturated carbocycles. The molecule has 0 fully saturated rings. The van der Waals surface area contributed by atoms with Gasteiger partial charge in [-0.3, -0.25) is 4.98 Å². The molecule has 0 aliphatic heterocycles. The number of aliphatic hydroxyl groups is 1. The van der Waals surface area contributed by atoms with Gasteiger partial charge in [0.25, 0.3) is 0 Å². The van der Waals surface area contributed by atoms with Gasteiger partial charge in [-0.15, -0.1) is 0 Å². The van der Waals surface area contributed by atoms with E-state index in [4.69, 9.17) is 0 Å². The van der Waals surface area contributed by atoms with Crippen LogP contribution < -0.4 is 0 Å². The van der Waals surface area contributed by atoms with E-state index in [1.54, 1.807) is 24.8 Å². The quantitative estimate of drug-likeness (QED) is 0.746. The Kier molecular flexibility index (Phi) is 4.69. The fourth-order valence-electron chi connectivity index (χ4n) is 2.30. The number of imidazole rings is 1. The zero-order valence-corrected chi connectivity index (χ0v) is 14.0. The average Bonchev–Trinajstić information content (AvgIpc) is 3.08. The van der Waals surface area contributed by atoms with Gasteiger partial charge in [0.1, 0.15) is 5.60 Å². The molecule has 3 aromatic rings. The largest absolute Gasteiger partial charge is 0.377 e. The lowest BCUT2D eigenvalue weighted by molar-refractivity contribution is 0.0659. The standard InChI is InChI=1S/C18H16BrN3O/c19-16-6-4-15(5-7-16)8-9-18(23,13-22-12-11-20-14-22)17-3-1-2-10-21-17/h1-12,14,23H,13H2/b9-8+. The van der Waals surface area contributed by atoms with E-state index in [1.807, 2.05) is 59.3 Å². The molecule has 0 saturated heterocycles. The fourth-order valence-corrected chi connectivity index (χ4v) is 2.57. The van der Waals surface area contributed by atoms with Gasteiger partial charge in [0.15, 0.2) is 0 Å². The number of benzene rings is 1. The molecule has 0 aliphatic rings. The molecule has 1 aromatic carbocycles. The average molecular weight is 370 g/mol. The highest BCUT2D eigenvalue weighted by Crippen LogP contribution is 2.24. The van der Waals surface area contributed by atoms with Crippen LogP contribution in [0.3, 0.4) is 0 Å². The number of hydrogen-bond donors (Lipinski definition) is 1. The van der Waals surface area contributed by atoms with E-state index >= 15 is 0 Å². The van der Waals surface area contributed by atoms with Crippen LogP contribution in [0.15, 0.2) is 77.9 Å². The van der Waals surface area contributed by atoms with E-state index in [0.29, 0.717) is 12.2 Å². The summed E-state index contributed by atoms with van der Waals surface area (Å²) in [4.78, 5) is 8.35. The highest BCUT2D eigenvalue weighted by atomic mass is 79.9. The first-order valence-electron chi connectivity index (χ1n) is 7.20. The monoisotopic (exact) mass is 369 g/mol. The van der Waals surface area contributed by atoms with Crippen molar-refractivity contribution in [3.8, 4) is 0 Å². The molecule has 0 bridgehead atoms. The van der Waals surface area contributed by atoms with Crippen molar-refractivity contribution in [3.63, 3.8) is 0 Å². The number of halogens is 1. The van der Waals surface area contributed by atoms with Gasteiger partial charge >= 0.3 is 0 Å². The predicted octanol–water partition coefficient (Wildman–Crippen LogP) is 3.64. The third-order valence-electron chi connectivity index (χ3n) is 3.51. The van der Waals surface area contributed by atoms with Crippen molar-refractivity contribution in [2.75, 3.05) is 0 Å². The van der Waals surface area contributed by atoms with Crippen LogP contribution in [-0.2, 0) is 12.1 Å². The highest BCUT2D eigenvalue weighted by Gasteiger charge is 2.28. The summed E-state index contributed by atoms with van der Waals surface area (Å²) in [5, 5.41) is 11.2. The first kappa shape index (κ1) is 15.6. The van der Waals surface area contributed by atoms with Crippen LogP contribution in [0.25, 0.3) is 6.08 Å². The van der Waals surface area contributed by atoms with Crippen molar-refractivity contribution >= 4 is 22.0 Å². The van der Waals surface area contributed by atoms with Gasteiger partial charge in [-0.1, -0.05) is 40.2 Å². The molecule has 116 valence electrons. The Hall–Kier alpha value is -2.24. The predicted molar refractivity (Wildman–Crippen MR) is 93.5 cm³/mol. The first-order valence-corrected chi connectivity index (χ1v) is 7.99. The van der Waals surface area contributed by atoms with Crippen LogP contribution in [0.5, 0.6) is 0 Å². The second kappa shape index (κ2) is 6.89. The number of hydrogen-bond acceptors (Lipinski definition) is 3. The molecule has 23 heavy (non-hydrogen) atoms. The molecule has 0 amide bonds. The molecule has 0 spiro atoms. The summed E-state index contributed by atoms with van der Waals surface area (Å²) >= 11 is 3.42. The molecule has 4 nitrogen and oxygen atoms in total. The minimum atomic E-state index is -1.21. The lowest BCUT2D eigenvalue weighted by Gasteiger charge is -2.24. The van der Waals surface area contributed by atoms with Gasteiger partial charge in [0.05, 0.1) is 18.6 Å². The normalized spacial score (nSPS) is 14.0. The van der Waals surface area contributed by atoms with Crippen LogP contribution in [-0.4, -0.2) is 19.6 Å². The molecular formula is C18H16BrN3O. The number of rotatable bonds is 5. The minimum absolute atomic E-state index is 0.344. The summed E-state index contributed by atoms with van der Waals surface area (Å²) in [6.45, 7) is 0.344. The topological polar surface area (TPSA) is 50.9 Å². The van der Waals surface area contributed by atoms with E-state index < -0.39 is 5.60 Å². The zero-order chi connectivity index (χ0) is 16.1. The van der Waals surface area contributed by atoms with E-state index in [1.165, 1.54) is 0 Å². The summed E-state index contributed by atoms with van der Waals surface area (Å²) < 4.78 is 2.86. The highest BCUT2D eigenvalue weighted by molar-refractivity contribution is 9.10. The van der Waals surface area contributed by atoms with Crippen molar-refractivity contribution in [2.24, 2.45) is 0 Å². The van der Waals surface area contributed by atoms with Crippen LogP contribution in [0.1, 0.15) is 11.3 Å². The molecular weight excluding hydrogens is 354 g/mol. The Morgan fingerprint density at radius 1 is 1.13 bits per heavy atom. The van der Waals surface area contributed by atoms with Crippen molar-refractivity contribution in [2.45, 2.75) is 12.1 Å². The van der Waals surface area contributed by atoms with Gasteiger partial charge in [-0.25, -0.2) is 4.98 Å². The summed E-state index contributed by atoms with van der Waals surface area (Å²) in [5.74, 6) is 0. The van der Waals surface area contributed by atoms with Gasteiger partial charge in [0.2, 0.25) is 0 Å². The Morgan fingerprint density at radius 3 is 2.61 bits per heavy atom. The Bertz CT molecular complexity index is 770. The van der Waals surface area contributed by atoms with Crippen LogP contribution in [0.2, 0.25) is 0 Å². The Morgan fingerprint density at radius 2 is 1.96 bits per heavy atom. The summed E-state index contributed by atoms with van der Waals surface area (Å²) in [7, 11) is 0. The van der Waals surface area contributed by atoms with Crippen LogP contribution in [0.4, 0.5) is 0 Å². The van der Waals surface area contributed by atoms with Crippen LogP contribution in [0, 0.1) is 0 Å². The van der Waals surface area contributed by atoms with Crippen molar-refractivity contribution in [1.82, 2.24) is 14.5 Å². The maximum Gasteiger partial charge on any atom is 0.143 e. The molecule has 1 unspecified atom stereocenters. The van der Waals surface area contributed by atoms with Crippen LogP contribution >= 0.6 is 15.9 Å². The summed E-state index contributed by atoms with van der Waals surface area (Å²) in [6, 6.07) is 13.4. The SMILES string of the molecule is OC(/C=C/c1ccc(Br)cc1)(Cn1ccnc1)c1ccccn1. The van der Waals surface area contributed by atoms with Gasteiger partial charge < -0.3 is 9.67 Å². The van der Waals surface area contributed by atoms with Crippen molar-refractivity contribution in [1.29, 1.82) is 0 Å². The Labute approximate surface area is 143 Å². The molecule has 5 heteroatoms. The molecule has 3 rings (SSSR count). The number of nitrogens with zero attached hydrogens (tertiary/aromatic N) is 3. The Balaban J connectivity index is 1.93. The summed E-state index contributed by atoms with van der Waals surface area (Å²) in [6.07, 6.45) is 10.6. The zero-order valence-electron chi connectivity index (χ0n) is 12.4. The summed E-state index contributed by atoms with van der Waals surface area (Å²) in [5.41, 5.74) is 0.393. The lowest BCUT2D eigenvalue weighted by Crippen LogP contribution is -2.29. The second-order valence-corrected chi connectivity index (χ2v) is 6.17. The van der Waals surface area contributed by atoms with E-state index in [2.05, 4.69) is 25.9 Å². The van der Waals surface area contributed by atoms with Gasteiger partial charge in [-0.2, -0.15) is 0 Å². The van der Waals surface area contributed by atoms with E-state index in [0.717, 1.165) is 10.0 Å². The van der Waals surface area contributed by atoms with Gasteiger partial charge in [-0.05, 0) is 35.9 Å². The third kappa shape index (κ3) is 3.94. The minimum Gasteiger partial charge on any atom is -0.377 e. The van der Waals surface area contributed by atoms with Gasteiger partial charge in [0, 0.05) is 23.1 Å². The van der Waals surface area contributed by atoms with E-state index in [-0.39, 0.29) is 0 Å². The molecule has 1 atom stereocenters. The lowest BCUT2D eigenvalue weighted by atomic mass is 9.97.